The Hall–Kier alpha value is -5.31. The van der Waals surface area contributed by atoms with E-state index in [4.69, 9.17) is 5.73 Å². The lowest BCUT2D eigenvalue weighted by Crippen LogP contribution is -2.20. The molecule has 3 heterocycles. The number of halogens is 1. The molecule has 0 atom stereocenters. The maximum atomic E-state index is 13.6. The average molecular weight is 508 g/mol. The molecular weight excluding hydrogens is 485 g/mol. The molecule has 0 aliphatic carbocycles. The highest BCUT2D eigenvalue weighted by molar-refractivity contribution is 5.91. The maximum Gasteiger partial charge on any atom is 0.335 e. The molecule has 8 nitrogen and oxygen atoms in total. The molecule has 188 valence electrons. The van der Waals surface area contributed by atoms with Crippen LogP contribution in [0.2, 0.25) is 0 Å². The Kier molecular flexibility index (Phi) is 6.65. The van der Waals surface area contributed by atoms with Crippen LogP contribution in [0, 0.1) is 5.82 Å². The first-order valence-electron chi connectivity index (χ1n) is 11.7. The van der Waals surface area contributed by atoms with Crippen molar-refractivity contribution >= 4 is 29.3 Å². The second kappa shape index (κ2) is 10.4. The molecule has 0 bridgehead atoms. The van der Waals surface area contributed by atoms with Gasteiger partial charge in [0.1, 0.15) is 11.6 Å². The molecule has 0 spiro atoms. The zero-order valence-corrected chi connectivity index (χ0v) is 20.0. The fourth-order valence-electron chi connectivity index (χ4n) is 3.96. The summed E-state index contributed by atoms with van der Waals surface area (Å²) in [5, 5.41) is 16.7. The van der Waals surface area contributed by atoms with Gasteiger partial charge in [-0.1, -0.05) is 12.1 Å². The van der Waals surface area contributed by atoms with Crippen LogP contribution in [0.1, 0.15) is 21.6 Å². The summed E-state index contributed by atoms with van der Waals surface area (Å²) in [6.45, 7) is 0.191. The van der Waals surface area contributed by atoms with Crippen LogP contribution in [-0.2, 0) is 11.3 Å². The third-order valence-corrected chi connectivity index (χ3v) is 5.90. The topological polar surface area (TPSA) is 123 Å². The minimum absolute atomic E-state index is 0.191. The summed E-state index contributed by atoms with van der Waals surface area (Å²) in [6.07, 6.45) is 4.62. The number of fused-ring (bicyclic) bond motifs is 1. The van der Waals surface area contributed by atoms with Crippen molar-refractivity contribution < 1.29 is 19.1 Å². The minimum atomic E-state index is -0.999. The number of nitrogens with one attached hydrogen (secondary N) is 1. The summed E-state index contributed by atoms with van der Waals surface area (Å²) in [7, 11) is 0. The van der Waals surface area contributed by atoms with Gasteiger partial charge in [0.05, 0.1) is 29.0 Å². The van der Waals surface area contributed by atoms with Crippen molar-refractivity contribution in [2.24, 2.45) is 0 Å². The quantitative estimate of drug-likeness (QED) is 0.272. The lowest BCUT2D eigenvalue weighted by Gasteiger charge is -2.10. The lowest BCUT2D eigenvalue weighted by molar-refractivity contribution is -0.116. The number of carboxylic acid groups (broad SMARTS) is 1. The van der Waals surface area contributed by atoms with E-state index in [-0.39, 0.29) is 23.8 Å². The van der Waals surface area contributed by atoms with Gasteiger partial charge in [-0.3, -0.25) is 4.79 Å². The third kappa shape index (κ3) is 5.41. The smallest absolute Gasteiger partial charge is 0.335 e. The van der Waals surface area contributed by atoms with Crippen molar-refractivity contribution in [2.45, 2.75) is 6.54 Å². The van der Waals surface area contributed by atoms with Crippen molar-refractivity contribution in [3.63, 3.8) is 0 Å². The molecule has 3 aromatic heterocycles. The van der Waals surface area contributed by atoms with E-state index in [9.17, 15) is 19.1 Å². The van der Waals surface area contributed by atoms with E-state index in [1.165, 1.54) is 18.2 Å². The van der Waals surface area contributed by atoms with Gasteiger partial charge in [-0.25, -0.2) is 18.7 Å². The Balaban J connectivity index is 1.44. The molecule has 0 fully saturated rings. The van der Waals surface area contributed by atoms with Crippen LogP contribution in [0.3, 0.4) is 0 Å². The Morgan fingerprint density at radius 1 is 0.947 bits per heavy atom. The SMILES string of the molecule is Nc1ccc(/C=C/C(=O)NCc2cc3cc(-c4ccc(C(=O)O)cc4)cc(-c4ccc(F)cc4)n3n2)cn1. The molecule has 4 N–H and O–H groups in total. The van der Waals surface area contributed by atoms with Gasteiger partial charge in [-0.2, -0.15) is 5.10 Å². The number of carbonyl (C=O) groups is 2. The third-order valence-electron chi connectivity index (χ3n) is 5.90. The molecule has 5 aromatic rings. The summed E-state index contributed by atoms with van der Waals surface area (Å²) in [4.78, 5) is 27.6. The summed E-state index contributed by atoms with van der Waals surface area (Å²) in [5.41, 5.74) is 11.0. The van der Waals surface area contributed by atoms with E-state index in [0.717, 1.165) is 27.8 Å². The number of rotatable bonds is 7. The Bertz CT molecular complexity index is 1660. The van der Waals surface area contributed by atoms with E-state index in [1.54, 1.807) is 65.3 Å². The molecule has 0 radical (unpaired) electrons. The number of aromatic carboxylic acids is 1. The van der Waals surface area contributed by atoms with Crippen molar-refractivity contribution in [1.82, 2.24) is 19.9 Å². The lowest BCUT2D eigenvalue weighted by atomic mass is 10.0. The van der Waals surface area contributed by atoms with Crippen LogP contribution in [0.5, 0.6) is 0 Å². The van der Waals surface area contributed by atoms with Crippen LogP contribution in [0.25, 0.3) is 34.0 Å². The number of carbonyl (C=O) groups excluding carboxylic acids is 1. The van der Waals surface area contributed by atoms with Gasteiger partial charge in [0.25, 0.3) is 0 Å². The highest BCUT2D eigenvalue weighted by Gasteiger charge is 2.13. The first-order chi connectivity index (χ1) is 18.4. The molecule has 9 heteroatoms. The van der Waals surface area contributed by atoms with Crippen LogP contribution in [0.15, 0.2) is 91.1 Å². The molecule has 1 amide bonds. The van der Waals surface area contributed by atoms with Gasteiger partial charge in [-0.15, -0.1) is 0 Å². The van der Waals surface area contributed by atoms with Gasteiger partial charge in [0.2, 0.25) is 5.91 Å². The summed E-state index contributed by atoms with van der Waals surface area (Å²) < 4.78 is 15.3. The summed E-state index contributed by atoms with van der Waals surface area (Å²) >= 11 is 0. The molecule has 0 saturated heterocycles. The standard InChI is InChI=1S/C29H22FN5O3/c30-23-9-7-20(8-10-23)26-14-22(19-3-5-21(6-4-19)29(37)38)13-25-15-24(34-35(25)26)17-33-28(36)12-2-18-1-11-27(31)32-16-18/h1-16H,17H2,(H2,31,32)(H,33,36)(H,37,38)/b12-2+. The van der Waals surface area contributed by atoms with Crippen LogP contribution in [0.4, 0.5) is 10.2 Å². The van der Waals surface area contributed by atoms with Crippen LogP contribution < -0.4 is 11.1 Å². The van der Waals surface area contributed by atoms with Crippen molar-refractivity contribution in [3.05, 3.63) is 114 Å². The van der Waals surface area contributed by atoms with Crippen molar-refractivity contribution in [2.75, 3.05) is 5.73 Å². The Morgan fingerprint density at radius 2 is 1.68 bits per heavy atom. The molecular formula is C29H22FN5O3. The Morgan fingerprint density at radius 3 is 2.37 bits per heavy atom. The van der Waals surface area contributed by atoms with E-state index >= 15 is 0 Å². The largest absolute Gasteiger partial charge is 0.478 e. The molecule has 38 heavy (non-hydrogen) atoms. The number of anilines is 1. The first-order valence-corrected chi connectivity index (χ1v) is 11.7. The predicted molar refractivity (Wildman–Crippen MR) is 143 cm³/mol. The fourth-order valence-corrected chi connectivity index (χ4v) is 3.96. The van der Waals surface area contributed by atoms with Gasteiger partial charge >= 0.3 is 5.97 Å². The highest BCUT2D eigenvalue weighted by atomic mass is 19.1. The second-order valence-electron chi connectivity index (χ2n) is 8.56. The second-order valence-corrected chi connectivity index (χ2v) is 8.56. The number of pyridine rings is 2. The fraction of sp³-hybridized carbons (Fsp3) is 0.0345. The summed E-state index contributed by atoms with van der Waals surface area (Å²) in [6, 6.07) is 21.8. The molecule has 0 aliphatic heterocycles. The predicted octanol–water partition coefficient (Wildman–Crippen LogP) is 4.81. The van der Waals surface area contributed by atoms with E-state index in [2.05, 4.69) is 15.4 Å². The number of nitrogens with two attached hydrogens (primary N) is 1. The van der Waals surface area contributed by atoms with Crippen molar-refractivity contribution in [1.29, 1.82) is 0 Å². The zero-order valence-electron chi connectivity index (χ0n) is 20.0. The van der Waals surface area contributed by atoms with E-state index in [1.807, 2.05) is 18.2 Å². The van der Waals surface area contributed by atoms with Crippen LogP contribution >= 0.6 is 0 Å². The molecule has 0 saturated carbocycles. The maximum absolute atomic E-state index is 13.6. The van der Waals surface area contributed by atoms with Gasteiger partial charge < -0.3 is 16.2 Å². The number of carboxylic acids is 1. The first kappa shape index (κ1) is 24.4. The highest BCUT2D eigenvalue weighted by Crippen LogP contribution is 2.29. The summed E-state index contributed by atoms with van der Waals surface area (Å²) in [5.74, 6) is -1.24. The molecule has 0 aliphatic rings. The Labute approximate surface area is 216 Å². The van der Waals surface area contributed by atoms with Crippen LogP contribution in [-0.4, -0.2) is 31.6 Å². The zero-order chi connectivity index (χ0) is 26.6. The number of amides is 1. The van der Waals surface area contributed by atoms with E-state index < -0.39 is 5.97 Å². The van der Waals surface area contributed by atoms with Gasteiger partial charge in [-0.05, 0) is 89.5 Å². The molecule has 2 aromatic carbocycles. The molecule has 0 unspecified atom stereocenters. The van der Waals surface area contributed by atoms with E-state index in [0.29, 0.717) is 17.2 Å². The minimum Gasteiger partial charge on any atom is -0.478 e. The number of nitrogen functional groups attached to an aromatic ring is 1. The number of benzene rings is 2. The number of nitrogens with zero attached hydrogens (tertiary/aromatic N) is 3. The number of hydrogen-bond acceptors (Lipinski definition) is 5. The van der Waals surface area contributed by atoms with Crippen molar-refractivity contribution in [3.8, 4) is 22.4 Å². The number of aromatic nitrogens is 3. The normalized spacial score (nSPS) is 11.2. The molecule has 5 rings (SSSR count). The number of hydrogen-bond donors (Lipinski definition) is 3. The van der Waals surface area contributed by atoms with Gasteiger partial charge in [0.15, 0.2) is 0 Å². The monoisotopic (exact) mass is 507 g/mol. The average Bonchev–Trinajstić information content (AvgIpc) is 3.35. The van der Waals surface area contributed by atoms with Gasteiger partial charge in [0, 0.05) is 17.8 Å².